The average Bonchev–Trinajstić information content (AvgIpc) is 3.29. The molecule has 11 atom stereocenters. The Labute approximate surface area is 383 Å². The summed E-state index contributed by atoms with van der Waals surface area (Å²) in [5.74, 6) is -0.936. The average molecular weight is 917 g/mol. The van der Waals surface area contributed by atoms with Gasteiger partial charge >= 0.3 is 11.9 Å². The fourth-order valence-corrected chi connectivity index (χ4v) is 7.78. The van der Waals surface area contributed by atoms with Crippen molar-refractivity contribution in [2.45, 2.75) is 248 Å². The number of unbranched alkanes of at least 4 members (excludes halogenated alkanes) is 20. The van der Waals surface area contributed by atoms with E-state index in [9.17, 15) is 45.3 Å². The summed E-state index contributed by atoms with van der Waals surface area (Å²) in [4.78, 5) is 25.7. The molecule has 7 N–H and O–H groups in total. The van der Waals surface area contributed by atoms with Crippen molar-refractivity contribution in [2.24, 2.45) is 0 Å². The number of hydrogen-bond acceptors (Lipinski definition) is 15. The fourth-order valence-electron chi connectivity index (χ4n) is 7.78. The van der Waals surface area contributed by atoms with Gasteiger partial charge in [0.15, 0.2) is 18.7 Å². The molecule has 2 aliphatic heterocycles. The van der Waals surface area contributed by atoms with Gasteiger partial charge in [-0.2, -0.15) is 0 Å². The maximum Gasteiger partial charge on any atom is 0.306 e. The van der Waals surface area contributed by atoms with Gasteiger partial charge in [0.2, 0.25) is 0 Å². The maximum atomic E-state index is 13.0. The number of allylic oxidation sites excluding steroid dienone is 4. The topological polar surface area (TPSA) is 231 Å². The van der Waals surface area contributed by atoms with Gasteiger partial charge in [-0.05, 0) is 44.9 Å². The van der Waals surface area contributed by atoms with Crippen LogP contribution in [0.15, 0.2) is 24.3 Å². The first-order valence-electron chi connectivity index (χ1n) is 24.9. The Morgan fingerprint density at radius 1 is 0.500 bits per heavy atom. The molecule has 2 heterocycles. The summed E-state index contributed by atoms with van der Waals surface area (Å²) < 4.78 is 33.5. The van der Waals surface area contributed by atoms with Crippen LogP contribution in [-0.4, -0.2) is 142 Å². The van der Waals surface area contributed by atoms with Crippen LogP contribution in [0, 0.1) is 0 Å². The van der Waals surface area contributed by atoms with Crippen LogP contribution in [0.3, 0.4) is 0 Å². The van der Waals surface area contributed by atoms with Crippen molar-refractivity contribution in [3.63, 3.8) is 0 Å². The molecule has 0 aromatic heterocycles. The highest BCUT2D eigenvalue weighted by Gasteiger charge is 2.47. The van der Waals surface area contributed by atoms with Crippen molar-refractivity contribution in [3.8, 4) is 0 Å². The summed E-state index contributed by atoms with van der Waals surface area (Å²) in [6.45, 7) is 2.55. The van der Waals surface area contributed by atoms with Crippen LogP contribution < -0.4 is 0 Å². The Morgan fingerprint density at radius 2 is 0.938 bits per heavy atom. The van der Waals surface area contributed by atoms with E-state index in [4.69, 9.17) is 28.4 Å². The molecule has 0 spiro atoms. The number of ether oxygens (including phenoxy) is 6. The molecule has 2 saturated heterocycles. The summed E-state index contributed by atoms with van der Waals surface area (Å²) >= 11 is 0. The van der Waals surface area contributed by atoms with E-state index in [1.807, 2.05) is 0 Å². The zero-order valence-electron chi connectivity index (χ0n) is 39.3. The lowest BCUT2D eigenvalue weighted by atomic mass is 9.98. The third-order valence-corrected chi connectivity index (χ3v) is 11.9. The molecule has 0 bridgehead atoms. The number of rotatable bonds is 38. The SMILES string of the molecule is CCCCC/C=C\C/C=C\CCCCCCCC(=O)OC(COC(=O)CCCCCCCCCCCCCCC)COC1OC(COC2OC(CO)C(O)C(O)C2O)C(O)C(O)C1O. The summed E-state index contributed by atoms with van der Waals surface area (Å²) in [5, 5.41) is 72.0. The minimum atomic E-state index is -1.76. The largest absolute Gasteiger partial charge is 0.462 e. The molecule has 374 valence electrons. The molecular formula is C49H88O15. The van der Waals surface area contributed by atoms with Gasteiger partial charge in [0.25, 0.3) is 0 Å². The number of aliphatic hydroxyl groups is 7. The standard InChI is InChI=1S/C49H88O15/c1-3-5-7-9-11-13-15-17-18-20-22-24-26-28-30-32-41(52)62-37(34-59-40(51)31-29-27-25-23-21-19-16-14-12-10-8-6-4-2)35-60-48-47(58)45(56)43(54)39(64-48)36-61-49-46(57)44(55)42(53)38(33-50)63-49/h11,13,17-18,37-39,42-50,53-58H,3-10,12,14-16,19-36H2,1-2H3/b13-11-,18-17-. The van der Waals surface area contributed by atoms with Crippen molar-refractivity contribution in [1.29, 1.82) is 0 Å². The van der Waals surface area contributed by atoms with Gasteiger partial charge in [-0.15, -0.1) is 0 Å². The molecule has 0 aromatic carbocycles. The normalized spacial score (nSPS) is 26.8. The van der Waals surface area contributed by atoms with Crippen LogP contribution >= 0.6 is 0 Å². The molecule has 2 aliphatic rings. The van der Waals surface area contributed by atoms with Crippen molar-refractivity contribution in [3.05, 3.63) is 24.3 Å². The van der Waals surface area contributed by atoms with Gasteiger partial charge in [-0.3, -0.25) is 9.59 Å². The lowest BCUT2D eigenvalue weighted by Gasteiger charge is -2.42. The highest BCUT2D eigenvalue weighted by Crippen LogP contribution is 2.26. The molecule has 15 nitrogen and oxygen atoms in total. The number of hydrogen-bond donors (Lipinski definition) is 7. The monoisotopic (exact) mass is 917 g/mol. The minimum absolute atomic E-state index is 0.152. The van der Waals surface area contributed by atoms with Gasteiger partial charge in [0.05, 0.1) is 19.8 Å². The lowest BCUT2D eigenvalue weighted by molar-refractivity contribution is -0.332. The van der Waals surface area contributed by atoms with E-state index >= 15 is 0 Å². The predicted molar refractivity (Wildman–Crippen MR) is 243 cm³/mol. The van der Waals surface area contributed by atoms with Crippen molar-refractivity contribution in [2.75, 3.05) is 26.4 Å². The summed E-state index contributed by atoms with van der Waals surface area (Å²) in [6, 6.07) is 0. The summed E-state index contributed by atoms with van der Waals surface area (Å²) in [6.07, 6.45) is 19.2. The molecule has 2 rings (SSSR count). The molecule has 0 radical (unpaired) electrons. The molecule has 0 amide bonds. The van der Waals surface area contributed by atoms with Gasteiger partial charge in [0.1, 0.15) is 55.4 Å². The smallest absolute Gasteiger partial charge is 0.306 e. The van der Waals surface area contributed by atoms with Crippen molar-refractivity contribution >= 4 is 11.9 Å². The third kappa shape index (κ3) is 25.2. The first-order chi connectivity index (χ1) is 31.0. The van der Waals surface area contributed by atoms with E-state index in [-0.39, 0.29) is 26.1 Å². The maximum absolute atomic E-state index is 13.0. The highest BCUT2D eigenvalue weighted by molar-refractivity contribution is 5.70. The Balaban J connectivity index is 1.83. The van der Waals surface area contributed by atoms with Crippen LogP contribution in [0.5, 0.6) is 0 Å². The van der Waals surface area contributed by atoms with E-state index < -0.39 is 92.7 Å². The van der Waals surface area contributed by atoms with Gasteiger partial charge < -0.3 is 64.2 Å². The lowest BCUT2D eigenvalue weighted by Crippen LogP contribution is -2.61. The zero-order valence-corrected chi connectivity index (χ0v) is 39.3. The van der Waals surface area contributed by atoms with E-state index in [2.05, 4.69) is 38.2 Å². The van der Waals surface area contributed by atoms with Gasteiger partial charge in [-0.1, -0.05) is 147 Å². The Hall–Kier alpha value is -2.02. The van der Waals surface area contributed by atoms with E-state index in [0.717, 1.165) is 64.2 Å². The highest BCUT2D eigenvalue weighted by atomic mass is 16.7. The van der Waals surface area contributed by atoms with E-state index in [1.165, 1.54) is 77.0 Å². The molecular weight excluding hydrogens is 829 g/mol. The number of carbonyl (C=O) groups is 2. The van der Waals surface area contributed by atoms with Crippen LogP contribution in [-0.2, 0) is 38.0 Å². The first-order valence-corrected chi connectivity index (χ1v) is 24.9. The number of esters is 2. The van der Waals surface area contributed by atoms with Crippen LogP contribution in [0.4, 0.5) is 0 Å². The third-order valence-electron chi connectivity index (χ3n) is 11.9. The molecule has 64 heavy (non-hydrogen) atoms. The summed E-state index contributed by atoms with van der Waals surface area (Å²) in [5.41, 5.74) is 0. The van der Waals surface area contributed by atoms with Crippen LogP contribution in [0.1, 0.15) is 181 Å². The number of aliphatic hydroxyl groups excluding tert-OH is 7. The van der Waals surface area contributed by atoms with Crippen LogP contribution in [0.2, 0.25) is 0 Å². The Kier molecular flexibility index (Phi) is 33.6. The molecule has 11 unspecified atom stereocenters. The Morgan fingerprint density at radius 3 is 1.48 bits per heavy atom. The Bertz CT molecular complexity index is 1220. The first kappa shape index (κ1) is 58.1. The molecule has 15 heteroatoms. The quantitative estimate of drug-likeness (QED) is 0.0203. The molecule has 0 aromatic rings. The van der Waals surface area contributed by atoms with Gasteiger partial charge in [0, 0.05) is 12.8 Å². The minimum Gasteiger partial charge on any atom is -0.462 e. The number of carbonyl (C=O) groups excluding carboxylic acids is 2. The predicted octanol–water partition coefficient (Wildman–Crippen LogP) is 6.38. The molecule has 2 fully saturated rings. The van der Waals surface area contributed by atoms with Gasteiger partial charge in [-0.25, -0.2) is 0 Å². The summed E-state index contributed by atoms with van der Waals surface area (Å²) in [7, 11) is 0. The van der Waals surface area contributed by atoms with Crippen molar-refractivity contribution < 1.29 is 73.8 Å². The fraction of sp³-hybridized carbons (Fsp3) is 0.878. The van der Waals surface area contributed by atoms with E-state index in [1.54, 1.807) is 0 Å². The second-order valence-electron chi connectivity index (χ2n) is 17.6. The van der Waals surface area contributed by atoms with E-state index in [0.29, 0.717) is 12.8 Å². The zero-order chi connectivity index (χ0) is 46.8. The second-order valence-corrected chi connectivity index (χ2v) is 17.6. The molecule has 0 aliphatic carbocycles. The van der Waals surface area contributed by atoms with Crippen molar-refractivity contribution in [1.82, 2.24) is 0 Å². The molecule has 0 saturated carbocycles. The van der Waals surface area contributed by atoms with Crippen LogP contribution in [0.25, 0.3) is 0 Å². The second kappa shape index (κ2) is 37.0.